The van der Waals surface area contributed by atoms with Gasteiger partial charge >= 0.3 is 7.23 Å². The highest BCUT2D eigenvalue weighted by Crippen LogP contribution is 2.32. The molecule has 6 heteroatoms. The van der Waals surface area contributed by atoms with Crippen LogP contribution < -0.4 is 5.73 Å². The molecule has 0 saturated carbocycles. The summed E-state index contributed by atoms with van der Waals surface area (Å²) in [4.78, 5) is 8.29. The van der Waals surface area contributed by atoms with Crippen LogP contribution in [0.5, 0.6) is 0 Å². The molecule has 0 radical (unpaired) electrons. The lowest BCUT2D eigenvalue weighted by Crippen LogP contribution is -1.97. The Morgan fingerprint density at radius 2 is 2.10 bits per heavy atom. The van der Waals surface area contributed by atoms with Crippen LogP contribution in [0.3, 0.4) is 0 Å². The zero-order valence-electron chi connectivity index (χ0n) is 5.52. The molecule has 0 aromatic rings. The number of unbranched alkanes of at least 4 members (excludes halogenated alkanes) is 1. The van der Waals surface area contributed by atoms with E-state index in [4.69, 9.17) is 10.6 Å². The average molecular weight is 205 g/mol. The van der Waals surface area contributed by atoms with Gasteiger partial charge in [-0.05, 0) is 24.0 Å². The number of hydrogen-bond acceptors (Lipinski definition) is 3. The normalized spacial score (nSPS) is 10.4. The minimum absolute atomic E-state index is 0. The van der Waals surface area contributed by atoms with E-state index in [1.807, 2.05) is 0 Å². The molecular weight excluding hydrogens is 193 g/mol. The molecular formula is C4H12ClNO2PS+. The SMILES string of the molecule is Cl.NCCCCS[P+](=O)O. The fraction of sp³-hybridized carbons (Fsp3) is 1.00. The predicted octanol–water partition coefficient (Wildman–Crippen LogP) is 1.53. The average Bonchev–Trinajstić information content (AvgIpc) is 1.80. The molecule has 0 amide bonds. The molecule has 3 nitrogen and oxygen atoms in total. The van der Waals surface area contributed by atoms with Crippen molar-refractivity contribution < 1.29 is 9.46 Å². The van der Waals surface area contributed by atoms with Crippen molar-refractivity contribution in [2.75, 3.05) is 12.3 Å². The molecule has 0 heterocycles. The Hall–Kier alpha value is 0.660. The fourth-order valence-corrected chi connectivity index (χ4v) is 1.73. The van der Waals surface area contributed by atoms with Crippen molar-refractivity contribution in [3.05, 3.63) is 0 Å². The highest BCUT2D eigenvalue weighted by molar-refractivity contribution is 8.50. The van der Waals surface area contributed by atoms with Crippen LogP contribution in [0.4, 0.5) is 0 Å². The van der Waals surface area contributed by atoms with Gasteiger partial charge in [0.2, 0.25) is 0 Å². The van der Waals surface area contributed by atoms with Gasteiger partial charge in [-0.1, -0.05) is 0 Å². The van der Waals surface area contributed by atoms with Crippen molar-refractivity contribution >= 4 is 31.0 Å². The summed E-state index contributed by atoms with van der Waals surface area (Å²) in [6.07, 6.45) is 1.87. The predicted molar refractivity (Wildman–Crippen MR) is 47.8 cm³/mol. The van der Waals surface area contributed by atoms with E-state index in [-0.39, 0.29) is 12.4 Å². The van der Waals surface area contributed by atoms with E-state index >= 15 is 0 Å². The van der Waals surface area contributed by atoms with Gasteiger partial charge in [-0.2, -0.15) is 4.89 Å². The maximum atomic E-state index is 10.0. The first-order valence-electron chi connectivity index (χ1n) is 2.76. The monoisotopic (exact) mass is 204 g/mol. The standard InChI is InChI=1S/C4H10NO2PS.ClH/c5-3-1-2-4-9-8(6)7;/h1-5H2;1H/p+1. The van der Waals surface area contributed by atoms with Gasteiger partial charge in [0.15, 0.2) is 11.4 Å². The topological polar surface area (TPSA) is 63.3 Å². The molecule has 0 bridgehead atoms. The maximum absolute atomic E-state index is 10.0. The lowest BCUT2D eigenvalue weighted by atomic mass is 10.3. The first-order valence-corrected chi connectivity index (χ1v) is 5.57. The van der Waals surface area contributed by atoms with Crippen molar-refractivity contribution in [3.8, 4) is 0 Å². The summed E-state index contributed by atoms with van der Waals surface area (Å²) < 4.78 is 10.0. The van der Waals surface area contributed by atoms with Crippen LogP contribution in [-0.2, 0) is 4.57 Å². The second-order valence-corrected chi connectivity index (χ2v) is 4.42. The number of nitrogens with two attached hydrogens (primary N) is 1. The van der Waals surface area contributed by atoms with Gasteiger partial charge < -0.3 is 5.73 Å². The summed E-state index contributed by atoms with van der Waals surface area (Å²) >= 11 is 1.08. The van der Waals surface area contributed by atoms with Crippen molar-refractivity contribution in [1.29, 1.82) is 0 Å². The van der Waals surface area contributed by atoms with E-state index in [0.29, 0.717) is 6.54 Å². The van der Waals surface area contributed by atoms with Gasteiger partial charge in [0, 0.05) is 5.75 Å². The third kappa shape index (κ3) is 11.5. The van der Waals surface area contributed by atoms with Gasteiger partial charge in [-0.15, -0.1) is 12.4 Å². The zero-order valence-corrected chi connectivity index (χ0v) is 8.05. The molecule has 0 rings (SSSR count). The van der Waals surface area contributed by atoms with E-state index < -0.39 is 7.23 Å². The summed E-state index contributed by atoms with van der Waals surface area (Å²) in [6.45, 7) is 0.669. The number of rotatable bonds is 5. The molecule has 0 aromatic carbocycles. The van der Waals surface area contributed by atoms with E-state index in [0.717, 1.165) is 30.0 Å². The molecule has 0 aromatic heterocycles. The largest absolute Gasteiger partial charge is 0.582 e. The highest BCUT2D eigenvalue weighted by Gasteiger charge is 2.10. The van der Waals surface area contributed by atoms with Crippen LogP contribution in [-0.4, -0.2) is 17.2 Å². The summed E-state index contributed by atoms with van der Waals surface area (Å²) in [5.41, 5.74) is 5.20. The van der Waals surface area contributed by atoms with Crippen molar-refractivity contribution in [2.45, 2.75) is 12.8 Å². The molecule has 0 aliphatic carbocycles. The molecule has 1 unspecified atom stereocenters. The second-order valence-electron chi connectivity index (χ2n) is 1.57. The van der Waals surface area contributed by atoms with E-state index in [9.17, 15) is 4.57 Å². The lowest BCUT2D eigenvalue weighted by Gasteiger charge is -1.87. The molecule has 0 saturated heterocycles. The summed E-state index contributed by atoms with van der Waals surface area (Å²) in [6, 6.07) is 0. The van der Waals surface area contributed by atoms with Gasteiger partial charge in [0.1, 0.15) is 0 Å². The van der Waals surface area contributed by atoms with Gasteiger partial charge in [-0.25, -0.2) is 0 Å². The van der Waals surface area contributed by atoms with E-state index in [1.54, 1.807) is 0 Å². The van der Waals surface area contributed by atoms with Gasteiger partial charge in [0.05, 0.1) is 0 Å². The van der Waals surface area contributed by atoms with Crippen LogP contribution in [0.2, 0.25) is 0 Å². The smallest absolute Gasteiger partial charge is 0.330 e. The number of halogens is 1. The minimum Gasteiger partial charge on any atom is -0.330 e. The van der Waals surface area contributed by atoms with Gasteiger partial charge in [0.25, 0.3) is 0 Å². The van der Waals surface area contributed by atoms with Crippen LogP contribution in [0, 0.1) is 0 Å². The Balaban J connectivity index is 0. The van der Waals surface area contributed by atoms with Crippen molar-refractivity contribution in [1.82, 2.24) is 0 Å². The summed E-state index contributed by atoms with van der Waals surface area (Å²) in [7, 11) is -1.99. The minimum atomic E-state index is -1.99. The first kappa shape index (κ1) is 13.3. The Labute approximate surface area is 71.8 Å². The van der Waals surface area contributed by atoms with Crippen molar-refractivity contribution in [2.24, 2.45) is 5.73 Å². The van der Waals surface area contributed by atoms with Crippen LogP contribution in [0.25, 0.3) is 0 Å². The molecule has 3 N–H and O–H groups in total. The van der Waals surface area contributed by atoms with E-state index in [2.05, 4.69) is 0 Å². The Kier molecular flexibility index (Phi) is 12.8. The molecule has 62 valence electrons. The highest BCUT2D eigenvalue weighted by atomic mass is 35.5. The molecule has 10 heavy (non-hydrogen) atoms. The number of hydrogen-bond donors (Lipinski definition) is 2. The summed E-state index contributed by atoms with van der Waals surface area (Å²) in [5, 5.41) is 0. The van der Waals surface area contributed by atoms with Crippen LogP contribution in [0.15, 0.2) is 0 Å². The van der Waals surface area contributed by atoms with Gasteiger partial charge in [-0.3, -0.25) is 0 Å². The third-order valence-corrected chi connectivity index (χ3v) is 2.70. The fourth-order valence-electron chi connectivity index (χ4n) is 0.389. The molecule has 0 fully saturated rings. The van der Waals surface area contributed by atoms with Crippen molar-refractivity contribution in [3.63, 3.8) is 0 Å². The second kappa shape index (κ2) is 9.66. The molecule has 1 atom stereocenters. The maximum Gasteiger partial charge on any atom is 0.582 e. The molecule has 0 aliphatic rings. The first-order chi connectivity index (χ1) is 4.27. The summed E-state index contributed by atoms with van der Waals surface area (Å²) in [5.74, 6) is 0.739. The lowest BCUT2D eigenvalue weighted by molar-refractivity contribution is 0.519. The van der Waals surface area contributed by atoms with E-state index in [1.165, 1.54) is 0 Å². The van der Waals surface area contributed by atoms with Crippen LogP contribution >= 0.6 is 31.0 Å². The Morgan fingerprint density at radius 3 is 2.50 bits per heavy atom. The molecule has 0 aliphatic heterocycles. The quantitative estimate of drug-likeness (QED) is 0.527. The third-order valence-electron chi connectivity index (χ3n) is 0.800. The zero-order chi connectivity index (χ0) is 7.11. The Bertz CT molecular complexity index is 95.3. The van der Waals surface area contributed by atoms with Crippen LogP contribution in [0.1, 0.15) is 12.8 Å². The molecule has 0 spiro atoms. The Morgan fingerprint density at radius 1 is 1.50 bits per heavy atom.